The fraction of sp³-hybridized carbons (Fsp3) is 0.769. The number of aromatic nitrogens is 2. The molecule has 1 aromatic rings. The van der Waals surface area contributed by atoms with Crippen molar-refractivity contribution in [3.63, 3.8) is 0 Å². The van der Waals surface area contributed by atoms with Crippen molar-refractivity contribution in [2.45, 2.75) is 53.3 Å². The van der Waals surface area contributed by atoms with Gasteiger partial charge in [-0.15, -0.1) is 0 Å². The minimum absolute atomic E-state index is 0.0702. The van der Waals surface area contributed by atoms with Crippen LogP contribution in [-0.2, 0) is 11.3 Å². The van der Waals surface area contributed by atoms with Crippen molar-refractivity contribution >= 4 is 11.6 Å². The Morgan fingerprint density at radius 2 is 2.11 bits per heavy atom. The fourth-order valence-corrected chi connectivity index (χ4v) is 2.53. The quantitative estimate of drug-likeness (QED) is 0.623. The van der Waals surface area contributed by atoms with Gasteiger partial charge in [0.1, 0.15) is 0 Å². The second-order valence-electron chi connectivity index (χ2n) is 5.58. The molecule has 0 bridgehead atoms. The molecule has 2 unspecified atom stereocenters. The van der Waals surface area contributed by atoms with Gasteiger partial charge in [-0.1, -0.05) is 32.4 Å². The first-order chi connectivity index (χ1) is 8.86. The Labute approximate surface area is 120 Å². The number of nitrogens with one attached hydrogen (secondary N) is 1. The Hall–Kier alpha value is -0.620. The second kappa shape index (κ2) is 6.70. The molecule has 0 aliphatic carbocycles. The van der Waals surface area contributed by atoms with Gasteiger partial charge in [-0.05, 0) is 19.3 Å². The Kier molecular flexibility index (Phi) is 5.80. The highest BCUT2D eigenvalue weighted by atomic mass is 35.5. The van der Waals surface area contributed by atoms with E-state index >= 15 is 0 Å². The standard InChI is InChI=1S/C13H25ClN4O/c1-6-18-11(9(14)8-16-18)10(17-15)12(19-7-2)13(3,4)5/h8,10,12,17H,6-7,15H2,1-5H3. The predicted molar refractivity (Wildman–Crippen MR) is 77.8 cm³/mol. The lowest BCUT2D eigenvalue weighted by molar-refractivity contribution is -0.0384. The third kappa shape index (κ3) is 3.69. The molecule has 3 N–H and O–H groups in total. The van der Waals surface area contributed by atoms with Gasteiger partial charge in [0.25, 0.3) is 0 Å². The van der Waals surface area contributed by atoms with Crippen molar-refractivity contribution in [2.24, 2.45) is 11.3 Å². The van der Waals surface area contributed by atoms with Crippen molar-refractivity contribution in [2.75, 3.05) is 6.61 Å². The number of nitrogens with zero attached hydrogens (tertiary/aromatic N) is 2. The normalized spacial score (nSPS) is 15.5. The molecular formula is C13H25ClN4O. The molecule has 1 heterocycles. The smallest absolute Gasteiger partial charge is 0.0910 e. The van der Waals surface area contributed by atoms with E-state index in [-0.39, 0.29) is 17.6 Å². The average Bonchev–Trinajstić information content (AvgIpc) is 2.70. The summed E-state index contributed by atoms with van der Waals surface area (Å²) in [6.45, 7) is 11.7. The molecule has 1 rings (SSSR count). The van der Waals surface area contributed by atoms with E-state index in [9.17, 15) is 0 Å². The van der Waals surface area contributed by atoms with E-state index in [1.807, 2.05) is 18.5 Å². The highest BCUT2D eigenvalue weighted by Gasteiger charge is 2.36. The number of aryl methyl sites for hydroxylation is 1. The number of nitrogens with two attached hydrogens (primary N) is 1. The molecule has 6 heteroatoms. The van der Waals surface area contributed by atoms with Crippen molar-refractivity contribution in [3.8, 4) is 0 Å². The molecule has 1 aromatic heterocycles. The van der Waals surface area contributed by atoms with E-state index in [1.165, 1.54) is 0 Å². The van der Waals surface area contributed by atoms with E-state index in [0.29, 0.717) is 11.6 Å². The number of hydrogen-bond donors (Lipinski definition) is 2. The summed E-state index contributed by atoms with van der Waals surface area (Å²) in [5.41, 5.74) is 3.65. The molecule has 0 amide bonds. The molecule has 0 fully saturated rings. The zero-order valence-electron chi connectivity index (χ0n) is 12.4. The molecule has 0 aliphatic rings. The summed E-state index contributed by atoms with van der Waals surface area (Å²) < 4.78 is 7.75. The van der Waals surface area contributed by atoms with Crippen LogP contribution in [0.1, 0.15) is 46.4 Å². The minimum atomic E-state index is -0.199. The zero-order chi connectivity index (χ0) is 14.6. The summed E-state index contributed by atoms with van der Waals surface area (Å²) in [5, 5.41) is 4.87. The van der Waals surface area contributed by atoms with Crippen LogP contribution >= 0.6 is 11.6 Å². The van der Waals surface area contributed by atoms with Gasteiger partial charge in [0.15, 0.2) is 0 Å². The van der Waals surface area contributed by atoms with Gasteiger partial charge in [-0.2, -0.15) is 5.10 Å². The van der Waals surface area contributed by atoms with Crippen LogP contribution in [0, 0.1) is 5.41 Å². The summed E-state index contributed by atoms with van der Waals surface area (Å²) in [7, 11) is 0. The largest absolute Gasteiger partial charge is 0.376 e. The lowest BCUT2D eigenvalue weighted by atomic mass is 9.83. The predicted octanol–water partition coefficient (Wildman–Crippen LogP) is 2.51. The van der Waals surface area contributed by atoms with Gasteiger partial charge in [-0.25, -0.2) is 5.43 Å². The fourth-order valence-electron chi connectivity index (χ4n) is 2.27. The number of rotatable bonds is 6. The molecule has 5 nitrogen and oxygen atoms in total. The third-order valence-corrected chi connectivity index (χ3v) is 3.40. The van der Waals surface area contributed by atoms with Crippen LogP contribution in [0.25, 0.3) is 0 Å². The maximum Gasteiger partial charge on any atom is 0.0910 e. The first-order valence-electron chi connectivity index (χ1n) is 6.65. The highest BCUT2D eigenvalue weighted by Crippen LogP contribution is 2.35. The van der Waals surface area contributed by atoms with Crippen LogP contribution in [0.2, 0.25) is 5.02 Å². The Morgan fingerprint density at radius 1 is 1.47 bits per heavy atom. The molecule has 0 aromatic carbocycles. The van der Waals surface area contributed by atoms with Crippen LogP contribution in [0.5, 0.6) is 0 Å². The Morgan fingerprint density at radius 3 is 2.53 bits per heavy atom. The van der Waals surface area contributed by atoms with Crippen molar-refractivity contribution in [1.29, 1.82) is 0 Å². The maximum atomic E-state index is 6.26. The molecular weight excluding hydrogens is 264 g/mol. The SMILES string of the molecule is CCOC(C(NN)c1c(Cl)cnn1CC)C(C)(C)C. The minimum Gasteiger partial charge on any atom is -0.376 e. The number of hydrogen-bond acceptors (Lipinski definition) is 4. The van der Waals surface area contributed by atoms with Gasteiger partial charge in [-0.3, -0.25) is 10.5 Å². The highest BCUT2D eigenvalue weighted by molar-refractivity contribution is 6.31. The van der Waals surface area contributed by atoms with Crippen molar-refractivity contribution in [3.05, 3.63) is 16.9 Å². The van der Waals surface area contributed by atoms with E-state index in [0.717, 1.165) is 12.2 Å². The Bertz CT molecular complexity index is 400. The topological polar surface area (TPSA) is 65.1 Å². The lowest BCUT2D eigenvalue weighted by Gasteiger charge is -2.36. The molecule has 110 valence electrons. The van der Waals surface area contributed by atoms with E-state index in [2.05, 4.69) is 31.3 Å². The van der Waals surface area contributed by atoms with Crippen molar-refractivity contribution < 1.29 is 4.74 Å². The van der Waals surface area contributed by atoms with E-state index < -0.39 is 0 Å². The third-order valence-electron chi connectivity index (χ3n) is 3.11. The van der Waals surface area contributed by atoms with E-state index in [4.69, 9.17) is 22.2 Å². The monoisotopic (exact) mass is 288 g/mol. The Balaban J connectivity index is 3.19. The average molecular weight is 289 g/mol. The van der Waals surface area contributed by atoms with Crippen LogP contribution < -0.4 is 11.3 Å². The molecule has 0 radical (unpaired) electrons. The molecule has 0 saturated heterocycles. The van der Waals surface area contributed by atoms with E-state index in [1.54, 1.807) is 6.20 Å². The number of ether oxygens (including phenoxy) is 1. The van der Waals surface area contributed by atoms with Crippen LogP contribution in [0.4, 0.5) is 0 Å². The van der Waals surface area contributed by atoms with Gasteiger partial charge in [0, 0.05) is 13.2 Å². The molecule has 19 heavy (non-hydrogen) atoms. The maximum absolute atomic E-state index is 6.26. The molecule has 2 atom stereocenters. The molecule has 0 aliphatic heterocycles. The van der Waals surface area contributed by atoms with Gasteiger partial charge >= 0.3 is 0 Å². The van der Waals surface area contributed by atoms with Crippen LogP contribution in [0.3, 0.4) is 0 Å². The van der Waals surface area contributed by atoms with Crippen molar-refractivity contribution in [1.82, 2.24) is 15.2 Å². The summed E-state index contributed by atoms with van der Waals surface area (Å²) in [4.78, 5) is 0. The second-order valence-corrected chi connectivity index (χ2v) is 5.99. The first kappa shape index (κ1) is 16.4. The first-order valence-corrected chi connectivity index (χ1v) is 7.03. The summed E-state index contributed by atoms with van der Waals surface area (Å²) in [5.74, 6) is 5.75. The lowest BCUT2D eigenvalue weighted by Crippen LogP contribution is -2.45. The summed E-state index contributed by atoms with van der Waals surface area (Å²) in [6.07, 6.45) is 1.55. The van der Waals surface area contributed by atoms with Crippen LogP contribution in [-0.4, -0.2) is 22.5 Å². The summed E-state index contributed by atoms with van der Waals surface area (Å²) >= 11 is 6.26. The summed E-state index contributed by atoms with van der Waals surface area (Å²) in [6, 6.07) is -0.199. The van der Waals surface area contributed by atoms with Crippen LogP contribution in [0.15, 0.2) is 6.20 Å². The van der Waals surface area contributed by atoms with Gasteiger partial charge < -0.3 is 4.74 Å². The zero-order valence-corrected chi connectivity index (χ0v) is 13.2. The van der Waals surface area contributed by atoms with Gasteiger partial charge in [0.2, 0.25) is 0 Å². The number of halogens is 1. The number of hydrazine groups is 1. The molecule has 0 saturated carbocycles. The van der Waals surface area contributed by atoms with Gasteiger partial charge in [0.05, 0.1) is 29.1 Å². The molecule has 0 spiro atoms.